The molecular formula is C26H30N2O2. The van der Waals surface area contributed by atoms with Crippen LogP contribution in [0.2, 0.25) is 0 Å². The molecule has 0 spiro atoms. The zero-order valence-electron chi connectivity index (χ0n) is 17.8. The highest BCUT2D eigenvalue weighted by molar-refractivity contribution is 5.73. The van der Waals surface area contributed by atoms with Gasteiger partial charge in [0.15, 0.2) is 0 Å². The predicted molar refractivity (Wildman–Crippen MR) is 121 cm³/mol. The van der Waals surface area contributed by atoms with Crippen molar-refractivity contribution in [2.24, 2.45) is 5.92 Å². The molecule has 2 aliphatic rings. The van der Waals surface area contributed by atoms with E-state index in [0.29, 0.717) is 19.7 Å². The van der Waals surface area contributed by atoms with Gasteiger partial charge in [-0.2, -0.15) is 0 Å². The summed E-state index contributed by atoms with van der Waals surface area (Å²) in [6, 6.07) is 17.3. The molecule has 156 valence electrons. The second-order valence-electron chi connectivity index (χ2n) is 8.02. The molecule has 30 heavy (non-hydrogen) atoms. The van der Waals surface area contributed by atoms with Gasteiger partial charge in [0.25, 0.3) is 0 Å². The fourth-order valence-corrected chi connectivity index (χ4v) is 4.49. The van der Waals surface area contributed by atoms with Crippen LogP contribution in [-0.2, 0) is 22.4 Å². The molecule has 0 aliphatic carbocycles. The number of carbonyl (C=O) groups excluding carboxylic acids is 1. The summed E-state index contributed by atoms with van der Waals surface area (Å²) in [5, 5.41) is 0. The molecule has 1 saturated heterocycles. The summed E-state index contributed by atoms with van der Waals surface area (Å²) < 4.78 is 5.20. The highest BCUT2D eigenvalue weighted by atomic mass is 16.5. The quantitative estimate of drug-likeness (QED) is 0.567. The monoisotopic (exact) mass is 402 g/mol. The molecule has 0 unspecified atom stereocenters. The third-order valence-electron chi connectivity index (χ3n) is 6.02. The van der Waals surface area contributed by atoms with Gasteiger partial charge in [0.1, 0.15) is 0 Å². The summed E-state index contributed by atoms with van der Waals surface area (Å²) >= 11 is 0. The summed E-state index contributed by atoms with van der Waals surface area (Å²) in [5.74, 6) is 6.69. The number of benzene rings is 2. The number of hydrogen-bond acceptors (Lipinski definition) is 4. The molecule has 0 amide bonds. The van der Waals surface area contributed by atoms with Crippen LogP contribution in [0.15, 0.2) is 48.5 Å². The van der Waals surface area contributed by atoms with Gasteiger partial charge in [0, 0.05) is 17.9 Å². The molecule has 0 saturated carbocycles. The summed E-state index contributed by atoms with van der Waals surface area (Å²) in [4.78, 5) is 16.7. The van der Waals surface area contributed by atoms with Crippen molar-refractivity contribution in [3.05, 3.63) is 59.7 Å². The van der Waals surface area contributed by atoms with Crippen LogP contribution in [0.1, 0.15) is 30.9 Å². The van der Waals surface area contributed by atoms with Gasteiger partial charge in [0.2, 0.25) is 0 Å². The molecule has 2 aromatic rings. The summed E-state index contributed by atoms with van der Waals surface area (Å²) in [6.07, 6.45) is 4.06. The highest BCUT2D eigenvalue weighted by Gasteiger charge is 2.26. The van der Waals surface area contributed by atoms with E-state index in [9.17, 15) is 4.79 Å². The second-order valence-corrected chi connectivity index (χ2v) is 8.02. The van der Waals surface area contributed by atoms with Crippen LogP contribution in [0.4, 0.5) is 11.4 Å². The van der Waals surface area contributed by atoms with E-state index in [0.717, 1.165) is 38.8 Å². The van der Waals surface area contributed by atoms with Gasteiger partial charge in [-0.25, -0.2) is 0 Å². The van der Waals surface area contributed by atoms with Crippen LogP contribution >= 0.6 is 0 Å². The molecule has 1 atom stereocenters. The lowest BCUT2D eigenvalue weighted by atomic mass is 9.98. The summed E-state index contributed by atoms with van der Waals surface area (Å²) in [7, 11) is 0. The van der Waals surface area contributed by atoms with E-state index in [1.165, 1.54) is 22.5 Å². The SMILES string of the molecule is CCOC(=O)[C@@H]1CCCN(CC#CCN2c3ccccc3CCc3ccccc32)C1. The van der Waals surface area contributed by atoms with Crippen LogP contribution in [0.3, 0.4) is 0 Å². The summed E-state index contributed by atoms with van der Waals surface area (Å²) in [5.41, 5.74) is 5.28. The molecule has 4 nitrogen and oxygen atoms in total. The Bertz CT molecular complexity index is 896. The number of ether oxygens (including phenoxy) is 1. The van der Waals surface area contributed by atoms with Crippen molar-refractivity contribution < 1.29 is 9.53 Å². The largest absolute Gasteiger partial charge is 0.466 e. The Morgan fingerprint density at radius 3 is 2.30 bits per heavy atom. The van der Waals surface area contributed by atoms with Gasteiger partial charge >= 0.3 is 5.97 Å². The van der Waals surface area contributed by atoms with E-state index >= 15 is 0 Å². The Morgan fingerprint density at radius 2 is 1.63 bits per heavy atom. The Morgan fingerprint density at radius 1 is 1.00 bits per heavy atom. The zero-order valence-corrected chi connectivity index (χ0v) is 17.8. The average Bonchev–Trinajstić information content (AvgIpc) is 2.94. The first-order chi connectivity index (χ1) is 14.8. The molecule has 2 heterocycles. The molecular weight excluding hydrogens is 372 g/mol. The lowest BCUT2D eigenvalue weighted by Crippen LogP contribution is -2.39. The Hall–Kier alpha value is -2.77. The molecule has 4 heteroatoms. The van der Waals surface area contributed by atoms with Crippen molar-refractivity contribution in [2.75, 3.05) is 37.7 Å². The van der Waals surface area contributed by atoms with E-state index in [1.807, 2.05) is 6.92 Å². The van der Waals surface area contributed by atoms with Crippen LogP contribution in [-0.4, -0.2) is 43.7 Å². The van der Waals surface area contributed by atoms with Crippen molar-refractivity contribution in [1.82, 2.24) is 4.90 Å². The van der Waals surface area contributed by atoms with E-state index in [-0.39, 0.29) is 11.9 Å². The second kappa shape index (κ2) is 9.82. The number of para-hydroxylation sites is 2. The Kier molecular flexibility index (Phi) is 6.71. The third kappa shape index (κ3) is 4.68. The fourth-order valence-electron chi connectivity index (χ4n) is 4.49. The first-order valence-electron chi connectivity index (χ1n) is 11.0. The van der Waals surface area contributed by atoms with Crippen LogP contribution in [0.5, 0.6) is 0 Å². The first kappa shape index (κ1) is 20.5. The Balaban J connectivity index is 1.44. The van der Waals surface area contributed by atoms with Gasteiger partial charge in [-0.15, -0.1) is 0 Å². The molecule has 0 aromatic heterocycles. The zero-order chi connectivity index (χ0) is 20.8. The maximum atomic E-state index is 12.1. The lowest BCUT2D eigenvalue weighted by molar-refractivity contribution is -0.149. The Labute approximate surface area is 179 Å². The number of esters is 1. The number of nitrogens with zero attached hydrogens (tertiary/aromatic N) is 2. The molecule has 4 rings (SSSR count). The maximum absolute atomic E-state index is 12.1. The number of hydrogen-bond donors (Lipinski definition) is 0. The van der Waals surface area contributed by atoms with E-state index in [2.05, 4.69) is 70.2 Å². The van der Waals surface area contributed by atoms with Gasteiger partial charge in [-0.3, -0.25) is 9.69 Å². The molecule has 0 bridgehead atoms. The van der Waals surface area contributed by atoms with Gasteiger partial charge in [0.05, 0.1) is 25.6 Å². The third-order valence-corrected chi connectivity index (χ3v) is 6.02. The number of likely N-dealkylation sites (tertiary alicyclic amines) is 1. The standard InChI is InChI=1S/C26H30N2O2/c1-2-30-26(29)23-12-9-18-27(20-23)17-7-8-19-28-24-13-5-3-10-21(24)15-16-22-11-4-6-14-25(22)28/h3-6,10-11,13-14,23H,2,9,12,15-20H2,1H3/t23-/m1/s1. The van der Waals surface area contributed by atoms with Gasteiger partial charge < -0.3 is 9.64 Å². The molecule has 0 N–H and O–H groups in total. The summed E-state index contributed by atoms with van der Waals surface area (Å²) in [6.45, 7) is 5.44. The van der Waals surface area contributed by atoms with Crippen molar-refractivity contribution in [1.29, 1.82) is 0 Å². The number of aryl methyl sites for hydroxylation is 2. The van der Waals surface area contributed by atoms with E-state index < -0.39 is 0 Å². The number of rotatable bonds is 4. The minimum absolute atomic E-state index is 0.00939. The average molecular weight is 403 g/mol. The number of piperidine rings is 1. The first-order valence-corrected chi connectivity index (χ1v) is 11.0. The van der Waals surface area contributed by atoms with Crippen molar-refractivity contribution in [3.63, 3.8) is 0 Å². The smallest absolute Gasteiger partial charge is 0.310 e. The van der Waals surface area contributed by atoms with Crippen molar-refractivity contribution >= 4 is 17.3 Å². The van der Waals surface area contributed by atoms with Crippen LogP contribution in [0, 0.1) is 17.8 Å². The lowest BCUT2D eigenvalue weighted by Gasteiger charge is -2.30. The van der Waals surface area contributed by atoms with E-state index in [4.69, 9.17) is 4.74 Å². The molecule has 0 radical (unpaired) electrons. The van der Waals surface area contributed by atoms with Crippen LogP contribution in [0.25, 0.3) is 0 Å². The molecule has 1 fully saturated rings. The minimum Gasteiger partial charge on any atom is -0.466 e. The van der Waals surface area contributed by atoms with E-state index in [1.54, 1.807) is 0 Å². The van der Waals surface area contributed by atoms with Gasteiger partial charge in [-0.05, 0) is 62.4 Å². The van der Waals surface area contributed by atoms with Crippen molar-refractivity contribution in [2.45, 2.75) is 32.6 Å². The minimum atomic E-state index is -0.0621. The normalized spacial score (nSPS) is 18.4. The topological polar surface area (TPSA) is 32.8 Å². The highest BCUT2D eigenvalue weighted by Crippen LogP contribution is 2.35. The number of anilines is 2. The number of fused-ring (bicyclic) bond motifs is 2. The van der Waals surface area contributed by atoms with Gasteiger partial charge in [-0.1, -0.05) is 48.2 Å². The van der Waals surface area contributed by atoms with Crippen LogP contribution < -0.4 is 4.90 Å². The maximum Gasteiger partial charge on any atom is 0.310 e. The molecule has 2 aliphatic heterocycles. The fraction of sp³-hybridized carbons (Fsp3) is 0.423. The predicted octanol–water partition coefficient (Wildman–Crippen LogP) is 4.20. The van der Waals surface area contributed by atoms with Crippen molar-refractivity contribution in [3.8, 4) is 11.8 Å². The number of carbonyl (C=O) groups is 1. The molecule has 2 aromatic carbocycles.